The topological polar surface area (TPSA) is 44.8 Å². The van der Waals surface area contributed by atoms with Crippen LogP contribution in [0.1, 0.15) is 18.4 Å². The molecule has 5 nitrogen and oxygen atoms in total. The highest BCUT2D eigenvalue weighted by Gasteiger charge is 2.27. The first-order valence-corrected chi connectivity index (χ1v) is 8.16. The third-order valence-corrected chi connectivity index (χ3v) is 4.45. The van der Waals surface area contributed by atoms with Gasteiger partial charge in [0.15, 0.2) is 0 Å². The van der Waals surface area contributed by atoms with Crippen LogP contribution in [0.25, 0.3) is 0 Å². The second kappa shape index (κ2) is 7.01. The van der Waals surface area contributed by atoms with Crippen LogP contribution < -0.4 is 10.1 Å². The van der Waals surface area contributed by atoms with E-state index in [0.29, 0.717) is 6.04 Å². The molecule has 1 aromatic rings. The van der Waals surface area contributed by atoms with Gasteiger partial charge < -0.3 is 15.0 Å². The van der Waals surface area contributed by atoms with Gasteiger partial charge in [-0.25, -0.2) is 4.79 Å². The predicted molar refractivity (Wildman–Crippen MR) is 86.3 cm³/mol. The molecule has 0 spiro atoms. The number of para-hydroxylation sites is 1. The molecule has 2 aliphatic rings. The smallest absolute Gasteiger partial charge is 0.317 e. The van der Waals surface area contributed by atoms with Gasteiger partial charge in [0.05, 0.1) is 7.11 Å². The second-order valence-electron chi connectivity index (χ2n) is 6.11. The molecule has 2 fully saturated rings. The quantitative estimate of drug-likeness (QED) is 0.901. The van der Waals surface area contributed by atoms with Crippen LogP contribution in [0.5, 0.6) is 5.75 Å². The molecule has 1 aromatic carbocycles. The summed E-state index contributed by atoms with van der Waals surface area (Å²) in [5.41, 5.74) is 1.25. The molecule has 0 bridgehead atoms. The Morgan fingerprint density at radius 3 is 2.64 bits per heavy atom. The highest BCUT2D eigenvalue weighted by Crippen LogP contribution is 2.20. The van der Waals surface area contributed by atoms with Crippen molar-refractivity contribution in [2.24, 2.45) is 0 Å². The lowest BCUT2D eigenvalue weighted by Gasteiger charge is -2.34. The normalized spacial score (nSPS) is 19.0. The number of nitrogens with zero attached hydrogens (tertiary/aromatic N) is 2. The number of nitrogens with one attached hydrogen (secondary N) is 1. The van der Waals surface area contributed by atoms with Crippen molar-refractivity contribution in [3.05, 3.63) is 29.8 Å². The number of carbonyl (C=O) groups is 1. The van der Waals surface area contributed by atoms with E-state index in [4.69, 9.17) is 4.74 Å². The number of piperazine rings is 1. The Hall–Kier alpha value is -1.75. The summed E-state index contributed by atoms with van der Waals surface area (Å²) in [5.74, 6) is 0.963. The van der Waals surface area contributed by atoms with Gasteiger partial charge in [0.2, 0.25) is 0 Å². The van der Waals surface area contributed by atoms with Crippen molar-refractivity contribution in [1.82, 2.24) is 15.1 Å². The van der Waals surface area contributed by atoms with Crippen molar-refractivity contribution in [3.8, 4) is 5.75 Å². The van der Waals surface area contributed by atoms with Gasteiger partial charge in [0.25, 0.3) is 0 Å². The maximum Gasteiger partial charge on any atom is 0.317 e. The van der Waals surface area contributed by atoms with Crippen molar-refractivity contribution in [2.45, 2.75) is 25.3 Å². The SMILES string of the molecule is COc1ccccc1CCN1CCN(C(=O)NC2CC2)CC1. The van der Waals surface area contributed by atoms with Crippen LogP contribution in [0.2, 0.25) is 0 Å². The van der Waals surface area contributed by atoms with Gasteiger partial charge in [-0.3, -0.25) is 4.90 Å². The first-order valence-electron chi connectivity index (χ1n) is 8.16. The van der Waals surface area contributed by atoms with E-state index in [0.717, 1.165) is 57.7 Å². The number of carbonyl (C=O) groups excluding carboxylic acids is 1. The molecule has 1 aliphatic heterocycles. The van der Waals surface area contributed by atoms with E-state index in [1.807, 2.05) is 17.0 Å². The molecule has 1 aliphatic carbocycles. The molecule has 3 rings (SSSR count). The van der Waals surface area contributed by atoms with Gasteiger partial charge in [-0.15, -0.1) is 0 Å². The molecule has 0 unspecified atom stereocenters. The van der Waals surface area contributed by atoms with Crippen LogP contribution >= 0.6 is 0 Å². The minimum Gasteiger partial charge on any atom is -0.496 e. The molecule has 0 aromatic heterocycles. The second-order valence-corrected chi connectivity index (χ2v) is 6.11. The highest BCUT2D eigenvalue weighted by molar-refractivity contribution is 5.75. The lowest BCUT2D eigenvalue weighted by Crippen LogP contribution is -2.52. The number of ether oxygens (including phenoxy) is 1. The first-order chi connectivity index (χ1) is 10.8. The number of hydrogen-bond acceptors (Lipinski definition) is 3. The maximum atomic E-state index is 12.0. The van der Waals surface area contributed by atoms with Gasteiger partial charge in [0, 0.05) is 38.8 Å². The number of amides is 2. The van der Waals surface area contributed by atoms with Crippen molar-refractivity contribution >= 4 is 6.03 Å². The Kier molecular flexibility index (Phi) is 4.83. The molecule has 22 heavy (non-hydrogen) atoms. The van der Waals surface area contributed by atoms with Crippen LogP contribution in [0.4, 0.5) is 4.79 Å². The van der Waals surface area contributed by atoms with Gasteiger partial charge in [-0.1, -0.05) is 18.2 Å². The van der Waals surface area contributed by atoms with Crippen LogP contribution in [0.3, 0.4) is 0 Å². The molecular weight excluding hydrogens is 278 g/mol. The summed E-state index contributed by atoms with van der Waals surface area (Å²) in [6, 6.07) is 8.74. The number of rotatable bonds is 5. The molecule has 1 saturated heterocycles. The van der Waals surface area contributed by atoms with E-state index in [1.165, 1.54) is 5.56 Å². The van der Waals surface area contributed by atoms with Crippen LogP contribution in [-0.2, 0) is 6.42 Å². The van der Waals surface area contributed by atoms with E-state index in [-0.39, 0.29) is 6.03 Å². The summed E-state index contributed by atoms with van der Waals surface area (Å²) in [6.45, 7) is 4.56. The lowest BCUT2D eigenvalue weighted by atomic mass is 10.1. The minimum atomic E-state index is 0.117. The zero-order chi connectivity index (χ0) is 15.4. The molecular formula is C17H25N3O2. The van der Waals surface area contributed by atoms with E-state index in [1.54, 1.807) is 7.11 Å². The number of methoxy groups -OCH3 is 1. The summed E-state index contributed by atoms with van der Waals surface area (Å²) >= 11 is 0. The molecule has 5 heteroatoms. The Labute approximate surface area is 132 Å². The largest absolute Gasteiger partial charge is 0.496 e. The molecule has 1 saturated carbocycles. The van der Waals surface area contributed by atoms with Crippen molar-refractivity contribution in [3.63, 3.8) is 0 Å². The Morgan fingerprint density at radius 1 is 1.23 bits per heavy atom. The average Bonchev–Trinajstić information content (AvgIpc) is 3.37. The van der Waals surface area contributed by atoms with Gasteiger partial charge in [0.1, 0.15) is 5.75 Å². The Bertz CT molecular complexity index is 508. The summed E-state index contributed by atoms with van der Waals surface area (Å²) < 4.78 is 5.40. The number of benzene rings is 1. The number of urea groups is 1. The lowest BCUT2D eigenvalue weighted by molar-refractivity contribution is 0.139. The molecule has 2 amide bonds. The predicted octanol–water partition coefficient (Wildman–Crippen LogP) is 1.73. The van der Waals surface area contributed by atoms with Gasteiger partial charge in [-0.2, -0.15) is 0 Å². The fraction of sp³-hybridized carbons (Fsp3) is 0.588. The Balaban J connectivity index is 1.42. The summed E-state index contributed by atoms with van der Waals surface area (Å²) in [7, 11) is 1.72. The summed E-state index contributed by atoms with van der Waals surface area (Å²) in [5, 5.41) is 3.06. The van der Waals surface area contributed by atoms with Crippen molar-refractivity contribution in [2.75, 3.05) is 39.8 Å². The highest BCUT2D eigenvalue weighted by atomic mass is 16.5. The fourth-order valence-corrected chi connectivity index (χ4v) is 2.86. The maximum absolute atomic E-state index is 12.0. The molecule has 120 valence electrons. The van der Waals surface area contributed by atoms with E-state index >= 15 is 0 Å². The molecule has 0 atom stereocenters. The number of hydrogen-bond donors (Lipinski definition) is 1. The standard InChI is InChI=1S/C17H25N3O2/c1-22-16-5-3-2-4-14(16)8-9-19-10-12-20(13-11-19)17(21)18-15-6-7-15/h2-5,15H,6-13H2,1H3,(H,18,21). The minimum absolute atomic E-state index is 0.117. The average molecular weight is 303 g/mol. The zero-order valence-corrected chi connectivity index (χ0v) is 13.3. The molecule has 1 heterocycles. The van der Waals surface area contributed by atoms with Gasteiger partial charge in [-0.05, 0) is 30.9 Å². The van der Waals surface area contributed by atoms with E-state index < -0.39 is 0 Å². The Morgan fingerprint density at radius 2 is 1.95 bits per heavy atom. The third kappa shape index (κ3) is 3.91. The summed E-state index contributed by atoms with van der Waals surface area (Å²) in [6.07, 6.45) is 3.27. The zero-order valence-electron chi connectivity index (χ0n) is 13.3. The van der Waals surface area contributed by atoms with Crippen LogP contribution in [0, 0.1) is 0 Å². The fourth-order valence-electron chi connectivity index (χ4n) is 2.86. The van der Waals surface area contributed by atoms with Gasteiger partial charge >= 0.3 is 6.03 Å². The van der Waals surface area contributed by atoms with E-state index in [2.05, 4.69) is 22.3 Å². The van der Waals surface area contributed by atoms with Crippen molar-refractivity contribution in [1.29, 1.82) is 0 Å². The van der Waals surface area contributed by atoms with E-state index in [9.17, 15) is 4.79 Å². The molecule has 1 N–H and O–H groups in total. The van der Waals surface area contributed by atoms with Crippen LogP contribution in [0.15, 0.2) is 24.3 Å². The summed E-state index contributed by atoms with van der Waals surface area (Å²) in [4.78, 5) is 16.4. The molecule has 0 radical (unpaired) electrons. The van der Waals surface area contributed by atoms with Crippen LogP contribution in [-0.4, -0.2) is 61.7 Å². The first kappa shape index (κ1) is 15.2. The third-order valence-electron chi connectivity index (χ3n) is 4.45. The van der Waals surface area contributed by atoms with Crippen molar-refractivity contribution < 1.29 is 9.53 Å². The monoisotopic (exact) mass is 303 g/mol.